The number of aryl methyl sites for hydroxylation is 1. The third-order valence-electron chi connectivity index (χ3n) is 6.40. The number of carbonyl (C=O) groups excluding carboxylic acids is 1. The van der Waals surface area contributed by atoms with E-state index in [-0.39, 0.29) is 23.4 Å². The summed E-state index contributed by atoms with van der Waals surface area (Å²) in [5.74, 6) is 0.674. The molecule has 0 bridgehead atoms. The molecule has 0 aromatic heterocycles. The van der Waals surface area contributed by atoms with Crippen molar-refractivity contribution in [1.82, 2.24) is 9.21 Å². The number of nitrogens with zero attached hydrogens (tertiary/aromatic N) is 2. The quantitative estimate of drug-likeness (QED) is 0.655. The fourth-order valence-corrected chi connectivity index (χ4v) is 5.26. The lowest BCUT2D eigenvalue weighted by atomic mass is 10.0. The lowest BCUT2D eigenvalue weighted by molar-refractivity contribution is -0.117. The number of carbonyl (C=O) groups is 1. The first-order valence-corrected chi connectivity index (χ1v) is 12.8. The van der Waals surface area contributed by atoms with E-state index in [1.54, 1.807) is 19.2 Å². The van der Waals surface area contributed by atoms with Crippen LogP contribution in [0.3, 0.4) is 0 Å². The van der Waals surface area contributed by atoms with Gasteiger partial charge in [0, 0.05) is 25.8 Å². The molecular weight excluding hydrogens is 438 g/mol. The summed E-state index contributed by atoms with van der Waals surface area (Å²) in [4.78, 5) is 15.5. The number of methoxy groups -OCH3 is 1. The highest BCUT2D eigenvalue weighted by Crippen LogP contribution is 2.31. The fraction of sp³-hybridized carbons (Fsp3) is 0.480. The molecule has 1 fully saturated rings. The van der Waals surface area contributed by atoms with E-state index in [4.69, 9.17) is 4.74 Å². The maximum absolute atomic E-state index is 13.1. The Morgan fingerprint density at radius 1 is 1.12 bits per heavy atom. The third kappa shape index (κ3) is 5.93. The van der Waals surface area contributed by atoms with Crippen molar-refractivity contribution in [2.45, 2.75) is 50.5 Å². The van der Waals surface area contributed by atoms with Crippen molar-refractivity contribution in [3.8, 4) is 5.75 Å². The number of hydrogen-bond donors (Lipinski definition) is 1. The maximum Gasteiger partial charge on any atom is 0.242 e. The number of sulfonamides is 1. The van der Waals surface area contributed by atoms with E-state index in [0.717, 1.165) is 49.1 Å². The Labute approximate surface area is 197 Å². The third-order valence-corrected chi connectivity index (χ3v) is 8.20. The van der Waals surface area contributed by atoms with Gasteiger partial charge in [0.2, 0.25) is 15.9 Å². The van der Waals surface area contributed by atoms with E-state index in [1.807, 2.05) is 26.0 Å². The van der Waals surface area contributed by atoms with E-state index in [2.05, 4.69) is 22.3 Å². The molecule has 0 unspecified atom stereocenters. The minimum atomic E-state index is -3.60. The normalized spacial score (nSPS) is 17.6. The minimum absolute atomic E-state index is 0.141. The van der Waals surface area contributed by atoms with E-state index in [9.17, 15) is 13.2 Å². The average Bonchev–Trinajstić information content (AvgIpc) is 3.02. The van der Waals surface area contributed by atoms with Crippen LogP contribution in [0.25, 0.3) is 0 Å². The molecule has 1 saturated heterocycles. The summed E-state index contributed by atoms with van der Waals surface area (Å²) >= 11 is 0. The Morgan fingerprint density at radius 2 is 1.82 bits per heavy atom. The van der Waals surface area contributed by atoms with Gasteiger partial charge >= 0.3 is 0 Å². The zero-order valence-electron chi connectivity index (χ0n) is 20.2. The van der Waals surface area contributed by atoms with Crippen LogP contribution in [-0.2, 0) is 14.8 Å². The topological polar surface area (TPSA) is 79.0 Å². The largest absolute Gasteiger partial charge is 0.497 e. The van der Waals surface area contributed by atoms with Gasteiger partial charge in [-0.1, -0.05) is 25.0 Å². The minimum Gasteiger partial charge on any atom is -0.497 e. The van der Waals surface area contributed by atoms with Gasteiger partial charge in [-0.2, -0.15) is 0 Å². The standard InChI is InChI=1S/C25H35N3O4S/c1-18-15-22(33(30,31)27(3)4)16-23(19(18)2)26-25(29)17-28-14-8-6-7-9-24(28)20-10-12-21(32-5)13-11-20/h10-13,15-16,24H,6-9,14,17H2,1-5H3,(H,26,29)/t24-/m0/s1. The molecule has 0 saturated carbocycles. The molecule has 2 aromatic rings. The lowest BCUT2D eigenvalue weighted by Gasteiger charge is -2.30. The Kier molecular flexibility index (Phi) is 8.15. The first-order valence-electron chi connectivity index (χ1n) is 11.3. The monoisotopic (exact) mass is 473 g/mol. The molecule has 3 rings (SSSR count). The Bertz CT molecular complexity index is 1080. The van der Waals surface area contributed by atoms with Crippen molar-refractivity contribution in [2.24, 2.45) is 0 Å². The van der Waals surface area contributed by atoms with Gasteiger partial charge in [0.25, 0.3) is 0 Å². The summed E-state index contributed by atoms with van der Waals surface area (Å²) in [7, 11) is 1.06. The van der Waals surface area contributed by atoms with Crippen molar-refractivity contribution in [1.29, 1.82) is 0 Å². The maximum atomic E-state index is 13.1. The Hall–Kier alpha value is -2.42. The number of nitrogens with one attached hydrogen (secondary N) is 1. The predicted molar refractivity (Wildman–Crippen MR) is 131 cm³/mol. The molecule has 1 aliphatic rings. The average molecular weight is 474 g/mol. The zero-order valence-corrected chi connectivity index (χ0v) is 21.0. The van der Waals surface area contributed by atoms with Gasteiger partial charge in [0.15, 0.2) is 0 Å². The van der Waals surface area contributed by atoms with Crippen LogP contribution >= 0.6 is 0 Å². The molecular formula is C25H35N3O4S. The van der Waals surface area contributed by atoms with Crippen LogP contribution in [0.4, 0.5) is 5.69 Å². The summed E-state index contributed by atoms with van der Waals surface area (Å²) < 4.78 is 31.7. The number of hydrogen-bond acceptors (Lipinski definition) is 5. The molecule has 1 N–H and O–H groups in total. The zero-order chi connectivity index (χ0) is 24.2. The van der Waals surface area contributed by atoms with E-state index < -0.39 is 10.0 Å². The second kappa shape index (κ2) is 10.7. The number of benzene rings is 2. The molecule has 33 heavy (non-hydrogen) atoms. The SMILES string of the molecule is COc1ccc([C@@H]2CCCCCN2CC(=O)Nc2cc(S(=O)(=O)N(C)C)cc(C)c2C)cc1. The van der Waals surface area contributed by atoms with E-state index >= 15 is 0 Å². The van der Waals surface area contributed by atoms with Gasteiger partial charge in [-0.3, -0.25) is 9.69 Å². The first-order chi connectivity index (χ1) is 15.6. The summed E-state index contributed by atoms with van der Waals surface area (Å²) in [6, 6.07) is 11.4. The van der Waals surface area contributed by atoms with Crippen molar-refractivity contribution < 1.29 is 17.9 Å². The van der Waals surface area contributed by atoms with Gasteiger partial charge in [-0.05, 0) is 74.2 Å². The Morgan fingerprint density at radius 3 is 2.45 bits per heavy atom. The molecule has 7 nitrogen and oxygen atoms in total. The van der Waals surface area contributed by atoms with Crippen LogP contribution in [0.15, 0.2) is 41.3 Å². The van der Waals surface area contributed by atoms with E-state index in [1.165, 1.54) is 24.0 Å². The molecule has 2 aromatic carbocycles. The molecule has 1 atom stereocenters. The number of ether oxygens (including phenoxy) is 1. The van der Waals surface area contributed by atoms with Gasteiger partial charge in [0.05, 0.1) is 18.6 Å². The van der Waals surface area contributed by atoms with Crippen molar-refractivity contribution >= 4 is 21.6 Å². The molecule has 1 heterocycles. The molecule has 0 aliphatic carbocycles. The highest BCUT2D eigenvalue weighted by Gasteiger charge is 2.25. The summed E-state index contributed by atoms with van der Waals surface area (Å²) in [5.41, 5.74) is 3.40. The molecule has 180 valence electrons. The number of rotatable bonds is 7. The smallest absolute Gasteiger partial charge is 0.242 e. The number of amides is 1. The molecule has 1 amide bonds. The van der Waals surface area contributed by atoms with Crippen LogP contribution in [0, 0.1) is 13.8 Å². The van der Waals surface area contributed by atoms with Crippen molar-refractivity contribution in [3.05, 3.63) is 53.1 Å². The summed E-state index contributed by atoms with van der Waals surface area (Å²) in [5, 5.41) is 2.98. The highest BCUT2D eigenvalue weighted by molar-refractivity contribution is 7.89. The van der Waals surface area contributed by atoms with Crippen molar-refractivity contribution in [2.75, 3.05) is 39.6 Å². The molecule has 8 heteroatoms. The fourth-order valence-electron chi connectivity index (χ4n) is 4.25. The molecule has 1 aliphatic heterocycles. The lowest BCUT2D eigenvalue weighted by Crippen LogP contribution is -2.36. The van der Waals surface area contributed by atoms with Gasteiger partial charge < -0.3 is 10.1 Å². The van der Waals surface area contributed by atoms with Crippen LogP contribution in [-0.4, -0.2) is 57.8 Å². The van der Waals surface area contributed by atoms with Crippen molar-refractivity contribution in [3.63, 3.8) is 0 Å². The highest BCUT2D eigenvalue weighted by atomic mass is 32.2. The second-order valence-electron chi connectivity index (χ2n) is 8.86. The molecule has 0 radical (unpaired) electrons. The van der Waals surface area contributed by atoms with Crippen LogP contribution < -0.4 is 10.1 Å². The summed E-state index contributed by atoms with van der Waals surface area (Å²) in [6.45, 7) is 4.84. The predicted octanol–water partition coefficient (Wildman–Crippen LogP) is 4.12. The van der Waals surface area contributed by atoms with Gasteiger partial charge in [0.1, 0.15) is 5.75 Å². The van der Waals surface area contributed by atoms with Gasteiger partial charge in [-0.15, -0.1) is 0 Å². The van der Waals surface area contributed by atoms with Crippen LogP contribution in [0.5, 0.6) is 5.75 Å². The first kappa shape index (κ1) is 25.2. The summed E-state index contributed by atoms with van der Waals surface area (Å²) in [6.07, 6.45) is 4.31. The molecule has 0 spiro atoms. The second-order valence-corrected chi connectivity index (χ2v) is 11.0. The van der Waals surface area contributed by atoms with Crippen LogP contribution in [0.1, 0.15) is 48.4 Å². The van der Waals surface area contributed by atoms with Crippen LogP contribution in [0.2, 0.25) is 0 Å². The van der Waals surface area contributed by atoms with E-state index in [0.29, 0.717) is 5.69 Å². The van der Waals surface area contributed by atoms with Gasteiger partial charge in [-0.25, -0.2) is 12.7 Å². The Balaban J connectivity index is 1.81. The number of likely N-dealkylation sites (tertiary alicyclic amines) is 1. The number of anilines is 1.